The quantitative estimate of drug-likeness (QED) is 0.513. The number of esters is 1. The number of nitrogens with one attached hydrogen (secondary N) is 1. The van der Waals surface area contributed by atoms with Crippen molar-refractivity contribution in [3.05, 3.63) is 39.4 Å². The number of benzene rings is 1. The first-order chi connectivity index (χ1) is 9.38. The Balaban J connectivity index is 2.20. The Hall–Kier alpha value is -2.44. The van der Waals surface area contributed by atoms with Crippen molar-refractivity contribution in [3.63, 3.8) is 0 Å². The number of rotatable bonds is 4. The van der Waals surface area contributed by atoms with Crippen molar-refractivity contribution in [2.45, 2.75) is 32.4 Å². The van der Waals surface area contributed by atoms with Crippen LogP contribution in [0.4, 0.5) is 5.69 Å². The lowest BCUT2D eigenvalue weighted by Gasteiger charge is -2.12. The van der Waals surface area contributed by atoms with Gasteiger partial charge in [-0.25, -0.2) is 4.79 Å². The minimum absolute atomic E-state index is 0.00376. The third-order valence-corrected chi connectivity index (χ3v) is 2.88. The number of hydrogen-bond donors (Lipinski definition) is 1. The van der Waals surface area contributed by atoms with E-state index in [1.165, 1.54) is 18.2 Å². The summed E-state index contributed by atoms with van der Waals surface area (Å²) in [5.41, 5.74) is 0.494. The van der Waals surface area contributed by atoms with Gasteiger partial charge in [0.25, 0.3) is 5.69 Å². The molecule has 1 aromatic rings. The summed E-state index contributed by atoms with van der Waals surface area (Å²) in [6.07, 6.45) is -0.675. The Morgan fingerprint density at radius 3 is 2.80 bits per heavy atom. The van der Waals surface area contributed by atoms with Crippen molar-refractivity contribution in [2.24, 2.45) is 0 Å². The van der Waals surface area contributed by atoms with Crippen LogP contribution in [0.1, 0.15) is 42.3 Å². The van der Waals surface area contributed by atoms with Crippen LogP contribution >= 0.6 is 0 Å². The number of fused-ring (bicyclic) bond motifs is 1. The number of nitrogens with zero attached hydrogens (tertiary/aromatic N) is 1. The molecule has 2 rings (SSSR count). The van der Waals surface area contributed by atoms with Crippen LogP contribution in [0, 0.1) is 10.1 Å². The van der Waals surface area contributed by atoms with Gasteiger partial charge in [-0.1, -0.05) is 0 Å². The summed E-state index contributed by atoms with van der Waals surface area (Å²) in [5.74, 6) is -0.866. The van der Waals surface area contributed by atoms with E-state index in [2.05, 4.69) is 5.32 Å². The maximum absolute atomic E-state index is 11.7. The number of ether oxygens (including phenoxy) is 1. The molecule has 0 aromatic heterocycles. The molecular weight excluding hydrogens is 264 g/mol. The highest BCUT2D eigenvalue weighted by Crippen LogP contribution is 2.34. The lowest BCUT2D eigenvalue weighted by molar-refractivity contribution is -0.384. The summed E-state index contributed by atoms with van der Waals surface area (Å²) in [6, 6.07) is 3.94. The molecule has 0 saturated heterocycles. The predicted molar refractivity (Wildman–Crippen MR) is 69.1 cm³/mol. The van der Waals surface area contributed by atoms with Crippen LogP contribution in [0.3, 0.4) is 0 Å². The van der Waals surface area contributed by atoms with Crippen molar-refractivity contribution in [2.75, 3.05) is 0 Å². The molecule has 0 fully saturated rings. The van der Waals surface area contributed by atoms with Gasteiger partial charge in [0.1, 0.15) is 6.10 Å². The zero-order chi connectivity index (χ0) is 14.9. The van der Waals surface area contributed by atoms with Gasteiger partial charge in [0, 0.05) is 23.7 Å². The van der Waals surface area contributed by atoms with Crippen LogP contribution in [0.5, 0.6) is 0 Å². The lowest BCUT2D eigenvalue weighted by atomic mass is 10.0. The van der Waals surface area contributed by atoms with E-state index in [1.807, 2.05) is 13.8 Å². The fraction of sp³-hybridized carbons (Fsp3) is 0.385. The molecule has 1 aliphatic heterocycles. The van der Waals surface area contributed by atoms with E-state index in [1.54, 1.807) is 0 Å². The topological polar surface area (TPSA) is 98.5 Å². The summed E-state index contributed by atoms with van der Waals surface area (Å²) in [4.78, 5) is 33.5. The van der Waals surface area contributed by atoms with E-state index in [4.69, 9.17) is 4.74 Å². The highest BCUT2D eigenvalue weighted by molar-refractivity contribution is 5.95. The largest absolute Gasteiger partial charge is 0.453 e. The van der Waals surface area contributed by atoms with Gasteiger partial charge in [-0.05, 0) is 19.9 Å². The van der Waals surface area contributed by atoms with Gasteiger partial charge in [-0.3, -0.25) is 14.9 Å². The fourth-order valence-electron chi connectivity index (χ4n) is 2.07. The van der Waals surface area contributed by atoms with E-state index in [0.717, 1.165) is 0 Å². The van der Waals surface area contributed by atoms with E-state index in [0.29, 0.717) is 5.56 Å². The molecule has 0 aliphatic carbocycles. The number of nitro benzene ring substituents is 1. The van der Waals surface area contributed by atoms with E-state index in [9.17, 15) is 19.7 Å². The molecule has 7 nitrogen and oxygen atoms in total. The molecule has 1 aromatic carbocycles. The van der Waals surface area contributed by atoms with Crippen LogP contribution in [-0.4, -0.2) is 22.8 Å². The number of nitro groups is 1. The van der Waals surface area contributed by atoms with Crippen LogP contribution in [0.25, 0.3) is 0 Å². The molecule has 7 heteroatoms. The van der Waals surface area contributed by atoms with Crippen molar-refractivity contribution in [1.82, 2.24) is 5.32 Å². The molecule has 20 heavy (non-hydrogen) atoms. The molecule has 106 valence electrons. The van der Waals surface area contributed by atoms with Crippen molar-refractivity contribution in [1.29, 1.82) is 0 Å². The maximum Gasteiger partial charge on any atom is 0.339 e. The normalized spacial score (nSPS) is 16.8. The van der Waals surface area contributed by atoms with Crippen LogP contribution in [-0.2, 0) is 9.53 Å². The average molecular weight is 278 g/mol. The number of amides is 1. The molecule has 0 spiro atoms. The summed E-state index contributed by atoms with van der Waals surface area (Å²) in [7, 11) is 0. The highest BCUT2D eigenvalue weighted by atomic mass is 16.6. The van der Waals surface area contributed by atoms with Gasteiger partial charge in [0.05, 0.1) is 16.9 Å². The van der Waals surface area contributed by atoms with E-state index in [-0.39, 0.29) is 29.6 Å². The number of carbonyl (C=O) groups is 2. The average Bonchev–Trinajstić information content (AvgIpc) is 2.64. The van der Waals surface area contributed by atoms with Crippen molar-refractivity contribution >= 4 is 17.6 Å². The second-order valence-electron chi connectivity index (χ2n) is 4.85. The minimum Gasteiger partial charge on any atom is -0.453 e. The third kappa shape index (κ3) is 2.76. The molecule has 1 amide bonds. The molecule has 0 bridgehead atoms. The molecule has 1 heterocycles. The number of cyclic esters (lactones) is 1. The van der Waals surface area contributed by atoms with Crippen molar-refractivity contribution < 1.29 is 19.2 Å². The van der Waals surface area contributed by atoms with Gasteiger partial charge in [-0.2, -0.15) is 0 Å². The van der Waals surface area contributed by atoms with Gasteiger partial charge in [0.15, 0.2) is 0 Å². The lowest BCUT2D eigenvalue weighted by Crippen LogP contribution is -2.31. The molecule has 1 atom stereocenters. The highest BCUT2D eigenvalue weighted by Gasteiger charge is 2.34. The van der Waals surface area contributed by atoms with Crippen molar-refractivity contribution in [3.8, 4) is 0 Å². The second-order valence-corrected chi connectivity index (χ2v) is 4.85. The summed E-state index contributed by atoms with van der Waals surface area (Å²) in [6.45, 7) is 3.66. The molecule has 0 radical (unpaired) electrons. The smallest absolute Gasteiger partial charge is 0.339 e. The van der Waals surface area contributed by atoms with Crippen LogP contribution in [0.15, 0.2) is 18.2 Å². The third-order valence-electron chi connectivity index (χ3n) is 2.88. The predicted octanol–water partition coefficient (Wildman–Crippen LogP) is 1.72. The second kappa shape index (κ2) is 5.28. The summed E-state index contributed by atoms with van der Waals surface area (Å²) < 4.78 is 5.10. The Labute approximate surface area is 115 Å². The monoisotopic (exact) mass is 278 g/mol. The van der Waals surface area contributed by atoms with Gasteiger partial charge in [0.2, 0.25) is 5.91 Å². The first-order valence-electron chi connectivity index (χ1n) is 6.17. The number of hydrogen-bond acceptors (Lipinski definition) is 5. The minimum atomic E-state index is -0.683. The van der Waals surface area contributed by atoms with Crippen LogP contribution < -0.4 is 5.32 Å². The first-order valence-corrected chi connectivity index (χ1v) is 6.17. The first kappa shape index (κ1) is 14.0. The molecular formula is C13H14N2O5. The van der Waals surface area contributed by atoms with E-state index < -0.39 is 17.0 Å². The van der Waals surface area contributed by atoms with E-state index >= 15 is 0 Å². The zero-order valence-electron chi connectivity index (χ0n) is 11.1. The van der Waals surface area contributed by atoms with Gasteiger partial charge < -0.3 is 10.1 Å². The Bertz CT molecular complexity index is 582. The molecule has 1 aliphatic rings. The summed E-state index contributed by atoms with van der Waals surface area (Å²) >= 11 is 0. The fourth-order valence-corrected chi connectivity index (χ4v) is 2.07. The zero-order valence-corrected chi connectivity index (χ0v) is 11.1. The Morgan fingerprint density at radius 1 is 1.50 bits per heavy atom. The number of non-ortho nitro benzene ring substituents is 1. The molecule has 0 saturated carbocycles. The maximum atomic E-state index is 11.7. The Morgan fingerprint density at radius 2 is 2.20 bits per heavy atom. The van der Waals surface area contributed by atoms with Crippen LogP contribution in [0.2, 0.25) is 0 Å². The molecule has 1 N–H and O–H groups in total. The summed E-state index contributed by atoms with van der Waals surface area (Å²) in [5, 5.41) is 13.4. The Kier molecular flexibility index (Phi) is 3.69. The standard InChI is InChI=1S/C13H14N2O5/c1-7(2)14-12(16)6-11-9-4-3-8(15(18)19)5-10(9)13(17)20-11/h3-5,7,11H,6H2,1-2H3,(H,14,16)/t11-/m1/s1. The molecule has 0 unspecified atom stereocenters. The number of carbonyl (C=O) groups excluding carboxylic acids is 2. The van der Waals surface area contributed by atoms with Gasteiger partial charge >= 0.3 is 5.97 Å². The van der Waals surface area contributed by atoms with Gasteiger partial charge in [-0.15, -0.1) is 0 Å². The SMILES string of the molecule is CC(C)NC(=O)C[C@H]1OC(=O)c2cc([N+](=O)[O-])ccc21.